The van der Waals surface area contributed by atoms with Gasteiger partial charge in [0.25, 0.3) is 5.91 Å². The molecule has 0 aliphatic heterocycles. The molecule has 0 bridgehead atoms. The van der Waals surface area contributed by atoms with E-state index in [4.69, 9.17) is 49.8 Å². The van der Waals surface area contributed by atoms with E-state index in [1.165, 1.54) is 24.3 Å². The predicted molar refractivity (Wildman–Crippen MR) is 327 cm³/mol. The van der Waals surface area contributed by atoms with Gasteiger partial charge in [0.1, 0.15) is 11.2 Å². The minimum Gasteiger partial charge on any atom is -0.478 e. The summed E-state index contributed by atoms with van der Waals surface area (Å²) in [7, 11) is 3.75. The molecule has 21 nitrogen and oxygen atoms in total. The maximum atomic E-state index is 12.9. The second-order valence-corrected chi connectivity index (χ2v) is 22.4. The number of carboxylic acids is 1. The fourth-order valence-electron chi connectivity index (χ4n) is 9.17. The Hall–Kier alpha value is -6.99. The van der Waals surface area contributed by atoms with Gasteiger partial charge in [0.2, 0.25) is 11.9 Å². The van der Waals surface area contributed by atoms with E-state index in [9.17, 15) is 19.2 Å². The van der Waals surface area contributed by atoms with Crippen LogP contribution in [0.2, 0.25) is 10.0 Å². The molecule has 2 aliphatic carbocycles. The van der Waals surface area contributed by atoms with Crippen molar-refractivity contribution in [3.05, 3.63) is 143 Å². The zero-order valence-corrected chi connectivity index (χ0v) is 53.8. The van der Waals surface area contributed by atoms with Crippen LogP contribution in [-0.4, -0.2) is 113 Å². The minimum absolute atomic E-state index is 0. The molecule has 0 saturated heterocycles. The van der Waals surface area contributed by atoms with Crippen LogP contribution >= 0.6 is 35.6 Å². The number of hydrogen-bond donors (Lipinski definition) is 7. The molecule has 440 valence electrons. The summed E-state index contributed by atoms with van der Waals surface area (Å²) in [5.41, 5.74) is 11.5. The number of fused-ring (bicyclic) bond motifs is 2. The Morgan fingerprint density at radius 1 is 0.631 bits per heavy atom. The SMILES string of the molecule is CC(C)(C)OC(=O)Nc1ccc(C(=O)N[C@H]2CCC[C@@H](Nc3ncc(Cl)c(-c4cnn5ccccc45)n3)C2)cc1.CC(C)(C)OC(=O)Nc1ccc(C(=O)O)cc1.Cl.N[C@H]1CCC[C@@H](Nc2ncc(Cl)c(-c3cnn4ccccc34)n2)C1.[3H][B].[U]. The van der Waals surface area contributed by atoms with Crippen molar-refractivity contribution in [1.29, 1.82) is 1.34 Å². The van der Waals surface area contributed by atoms with Gasteiger partial charge in [-0.15, -0.1) is 12.4 Å². The fourth-order valence-corrected chi connectivity index (χ4v) is 9.56. The Balaban J connectivity index is 0.000000250. The van der Waals surface area contributed by atoms with Gasteiger partial charge in [0.05, 0.1) is 62.8 Å². The zero-order valence-electron chi connectivity index (χ0n) is 48.3. The van der Waals surface area contributed by atoms with Gasteiger partial charge in [0.15, 0.2) is 0 Å². The molecule has 4 atom stereocenters. The van der Waals surface area contributed by atoms with Gasteiger partial charge in [0, 0.05) is 104 Å². The number of amides is 3. The molecular formula is C58H68BCl3N14O7U. The van der Waals surface area contributed by atoms with E-state index < -0.39 is 29.4 Å². The molecule has 84 heavy (non-hydrogen) atoms. The van der Waals surface area contributed by atoms with Crippen LogP contribution < -0.4 is 32.3 Å². The summed E-state index contributed by atoms with van der Waals surface area (Å²) in [6.07, 6.45) is 17.2. The van der Waals surface area contributed by atoms with Crippen LogP contribution in [0.15, 0.2) is 122 Å². The van der Waals surface area contributed by atoms with Crippen LogP contribution in [0.5, 0.6) is 0 Å². The minimum atomic E-state index is -1.01. The molecule has 2 aliphatic rings. The summed E-state index contributed by atoms with van der Waals surface area (Å²) in [5.74, 6) is -0.0927. The van der Waals surface area contributed by atoms with Crippen molar-refractivity contribution in [2.24, 2.45) is 5.73 Å². The first-order valence-corrected chi connectivity index (χ1v) is 27.3. The van der Waals surface area contributed by atoms with Gasteiger partial charge in [-0.2, -0.15) is 10.2 Å². The van der Waals surface area contributed by atoms with E-state index >= 15 is 0 Å². The number of pyridine rings is 2. The topological polar surface area (TPSA) is 279 Å². The van der Waals surface area contributed by atoms with E-state index in [-0.39, 0.29) is 73.1 Å². The van der Waals surface area contributed by atoms with Crippen LogP contribution in [0.3, 0.4) is 0 Å². The van der Waals surface area contributed by atoms with Crippen molar-refractivity contribution >= 4 is 102 Å². The third kappa shape index (κ3) is 19.5. The van der Waals surface area contributed by atoms with E-state index in [0.29, 0.717) is 56.3 Å². The molecule has 8 N–H and O–H groups in total. The molecular weight excluding hydrogens is 1360 g/mol. The first-order chi connectivity index (χ1) is 39.6. The van der Waals surface area contributed by atoms with Crippen LogP contribution in [0.1, 0.15) is 114 Å². The van der Waals surface area contributed by atoms with E-state index in [2.05, 4.69) is 60.1 Å². The molecule has 2 radical (unpaired) electrons. The van der Waals surface area contributed by atoms with Gasteiger partial charge in [-0.3, -0.25) is 15.4 Å². The van der Waals surface area contributed by atoms with Gasteiger partial charge in [-0.1, -0.05) is 35.3 Å². The number of ether oxygens (including phenoxy) is 2. The maximum absolute atomic E-state index is 12.9. The molecule has 3 amide bonds. The molecule has 26 heteroatoms. The van der Waals surface area contributed by atoms with Gasteiger partial charge in [-0.25, -0.2) is 43.4 Å². The number of nitrogens with zero attached hydrogens (tertiary/aromatic N) is 8. The number of aromatic carboxylic acids is 1. The van der Waals surface area contributed by atoms with Crippen molar-refractivity contribution in [3.8, 4) is 22.5 Å². The summed E-state index contributed by atoms with van der Waals surface area (Å²) in [6, 6.07) is 25.0. The predicted octanol–water partition coefficient (Wildman–Crippen LogP) is 11.6. The Morgan fingerprint density at radius 2 is 1.06 bits per heavy atom. The number of carboxylic acid groups (broad SMARTS) is 1. The Bertz CT molecular complexity index is 3500. The number of halogens is 3. The number of rotatable bonds is 11. The molecule has 0 unspecified atom stereocenters. The largest absolute Gasteiger partial charge is 0.478 e. The maximum Gasteiger partial charge on any atom is 0.412 e. The van der Waals surface area contributed by atoms with Crippen molar-refractivity contribution in [2.75, 3.05) is 21.3 Å². The monoisotopic (exact) mass is 1430 g/mol. The number of anilines is 4. The Morgan fingerprint density at radius 3 is 1.50 bits per heavy atom. The number of hydrogen-bond acceptors (Lipinski definition) is 15. The van der Waals surface area contributed by atoms with Crippen LogP contribution in [-0.2, 0) is 9.47 Å². The standard InChI is InChI=1S/C29H32ClN7O3.C17H19ClN6.C12H15NO4.BH.ClH.U/c1-29(2,3)40-28(39)35-19-12-10-18(11-13-19)26(38)33-20-7-6-8-21(15-20)34-27-31-17-23(30)25(36-27)22-16-32-37-14-5-4-9-24(22)37;18-14-10-20-17(22-12-5-3-4-11(19)8-12)23-16(14)13-9-21-24-7-2-1-6-15(13)24;1-12(2,3)17-11(16)13-9-6-4-8(5-7-9)10(14)15;;;/h4-5,9-14,16-17,20-21H,6-8,15H2,1-3H3,(H,33,38)(H,35,39)(H,31,34,36);1-2,6-7,9-12H,3-5,8,19H2,(H,20,22,23);4-7H,1-3H3,(H,13,16)(H,14,15);2*1H;/t20-,21+;11-,12+;;;;/m00..../s1/i;;;1T;;. The molecule has 2 aromatic carbocycles. The summed E-state index contributed by atoms with van der Waals surface area (Å²) in [4.78, 5) is 65.0. The van der Waals surface area contributed by atoms with Crippen LogP contribution in [0, 0.1) is 31.1 Å². The normalized spacial score (nSPS) is 16.5. The zero-order chi connectivity index (χ0) is 59.8. The summed E-state index contributed by atoms with van der Waals surface area (Å²) < 4.78 is 19.2. The third-order valence-corrected chi connectivity index (χ3v) is 13.4. The van der Waals surface area contributed by atoms with E-state index in [1.54, 1.807) is 99.6 Å². The van der Waals surface area contributed by atoms with Gasteiger partial charge in [-0.05, 0) is 167 Å². The van der Waals surface area contributed by atoms with Gasteiger partial charge < -0.3 is 36.3 Å². The van der Waals surface area contributed by atoms with Crippen molar-refractivity contribution < 1.29 is 64.9 Å². The molecule has 10 rings (SSSR count). The number of nitrogens with one attached hydrogen (secondary N) is 5. The number of benzene rings is 2. The van der Waals surface area contributed by atoms with E-state index in [1.807, 2.05) is 48.8 Å². The second kappa shape index (κ2) is 30.7. The number of aromatic nitrogens is 8. The van der Waals surface area contributed by atoms with Gasteiger partial charge >= 0.3 is 18.2 Å². The quantitative estimate of drug-likeness (QED) is 0.0593. The third-order valence-electron chi connectivity index (χ3n) is 12.8. The number of nitrogens with two attached hydrogens (primary N) is 1. The molecule has 2 saturated carbocycles. The first-order valence-electron chi connectivity index (χ1n) is 27.1. The second-order valence-electron chi connectivity index (χ2n) is 21.6. The van der Waals surface area contributed by atoms with Crippen LogP contribution in [0.25, 0.3) is 33.5 Å². The summed E-state index contributed by atoms with van der Waals surface area (Å²) >= 11 is 12.8. The molecule has 6 heterocycles. The molecule has 0 spiro atoms. The average Bonchev–Trinajstić information content (AvgIpc) is 2.53. The van der Waals surface area contributed by atoms with Crippen molar-refractivity contribution in [1.82, 2.24) is 44.5 Å². The summed E-state index contributed by atoms with van der Waals surface area (Å²) in [5, 5.41) is 33.6. The smallest absolute Gasteiger partial charge is 0.412 e. The average molecular weight is 1430 g/mol. The van der Waals surface area contributed by atoms with Crippen molar-refractivity contribution in [2.45, 2.75) is 128 Å². The first kappa shape index (κ1) is 66.2. The van der Waals surface area contributed by atoms with Crippen LogP contribution in [0.4, 0.5) is 32.9 Å². The molecule has 2 fully saturated rings. The summed E-state index contributed by atoms with van der Waals surface area (Å²) in [6.45, 7) is 10.7. The Labute approximate surface area is 530 Å². The molecule has 8 aromatic rings. The molecule has 6 aromatic heterocycles. The Kier molecular flexibility index (Phi) is 24.2. The van der Waals surface area contributed by atoms with Crippen molar-refractivity contribution in [3.63, 3.8) is 0 Å². The fraction of sp³-hybridized carbons (Fsp3) is 0.345. The number of carbonyl (C=O) groups is 4. The number of carbonyl (C=O) groups excluding carboxylic acids is 3. The van der Waals surface area contributed by atoms with E-state index in [0.717, 1.165) is 73.5 Å².